The molecule has 106 valence electrons. The summed E-state index contributed by atoms with van der Waals surface area (Å²) in [4.78, 5) is 11.9. The molecule has 1 aromatic carbocycles. The lowest BCUT2D eigenvalue weighted by Crippen LogP contribution is -2.35. The Kier molecular flexibility index (Phi) is 5.92. The standard InChI is InChI=1S/C13H19ClN2O3/c1-4-5-9(15)13(17)16-10-7-11(18-2)8(14)6-12(10)19-3/h6-7,9H,4-5,15H2,1-3H3,(H,16,17)/t9-/m0/s1. The average Bonchev–Trinajstić information content (AvgIpc) is 2.40. The van der Waals surface area contributed by atoms with Crippen LogP contribution in [0.2, 0.25) is 5.02 Å². The molecule has 3 N–H and O–H groups in total. The van der Waals surface area contributed by atoms with E-state index in [1.807, 2.05) is 6.92 Å². The monoisotopic (exact) mass is 286 g/mol. The maximum Gasteiger partial charge on any atom is 0.241 e. The second-order valence-electron chi connectivity index (χ2n) is 4.07. The number of methoxy groups -OCH3 is 2. The third-order valence-electron chi connectivity index (χ3n) is 2.67. The first-order valence-corrected chi connectivity index (χ1v) is 6.39. The third-order valence-corrected chi connectivity index (χ3v) is 2.96. The maximum absolute atomic E-state index is 11.9. The molecule has 0 aliphatic rings. The zero-order valence-corrected chi connectivity index (χ0v) is 12.1. The van der Waals surface area contributed by atoms with Gasteiger partial charge in [-0.25, -0.2) is 0 Å². The van der Waals surface area contributed by atoms with Crippen LogP contribution in [0.25, 0.3) is 0 Å². The van der Waals surface area contributed by atoms with Gasteiger partial charge in [-0.05, 0) is 6.42 Å². The van der Waals surface area contributed by atoms with Gasteiger partial charge in [0.1, 0.15) is 11.5 Å². The first-order valence-electron chi connectivity index (χ1n) is 6.01. The van der Waals surface area contributed by atoms with E-state index in [0.29, 0.717) is 28.6 Å². The summed E-state index contributed by atoms with van der Waals surface area (Å²) in [7, 11) is 3.00. The number of nitrogens with one attached hydrogen (secondary N) is 1. The lowest BCUT2D eigenvalue weighted by Gasteiger charge is -2.15. The van der Waals surface area contributed by atoms with E-state index in [-0.39, 0.29) is 5.91 Å². The molecule has 19 heavy (non-hydrogen) atoms. The molecule has 0 unspecified atom stereocenters. The van der Waals surface area contributed by atoms with Gasteiger partial charge in [-0.15, -0.1) is 0 Å². The number of benzene rings is 1. The van der Waals surface area contributed by atoms with Crippen molar-refractivity contribution < 1.29 is 14.3 Å². The number of nitrogens with two attached hydrogens (primary N) is 1. The quantitative estimate of drug-likeness (QED) is 0.842. The van der Waals surface area contributed by atoms with Gasteiger partial charge in [0, 0.05) is 12.1 Å². The van der Waals surface area contributed by atoms with E-state index in [0.717, 1.165) is 6.42 Å². The van der Waals surface area contributed by atoms with E-state index in [1.165, 1.54) is 14.2 Å². The third kappa shape index (κ3) is 4.01. The number of halogens is 1. The minimum absolute atomic E-state index is 0.260. The average molecular weight is 287 g/mol. The Morgan fingerprint density at radius 3 is 2.53 bits per heavy atom. The predicted octanol–water partition coefficient (Wildman–Crippen LogP) is 2.42. The van der Waals surface area contributed by atoms with E-state index in [9.17, 15) is 4.79 Å². The molecule has 0 saturated heterocycles. The van der Waals surface area contributed by atoms with Crippen molar-refractivity contribution in [1.82, 2.24) is 0 Å². The van der Waals surface area contributed by atoms with E-state index in [2.05, 4.69) is 5.32 Å². The Hall–Kier alpha value is -1.46. The highest BCUT2D eigenvalue weighted by molar-refractivity contribution is 6.32. The lowest BCUT2D eigenvalue weighted by atomic mass is 10.1. The van der Waals surface area contributed by atoms with Crippen molar-refractivity contribution in [2.24, 2.45) is 5.73 Å². The summed E-state index contributed by atoms with van der Waals surface area (Å²) in [5.41, 5.74) is 6.24. The molecule has 0 spiro atoms. The zero-order valence-electron chi connectivity index (χ0n) is 11.3. The molecule has 0 aliphatic heterocycles. The van der Waals surface area contributed by atoms with Crippen LogP contribution >= 0.6 is 11.6 Å². The summed E-state index contributed by atoms with van der Waals surface area (Å²) in [6.45, 7) is 1.97. The highest BCUT2D eigenvalue weighted by atomic mass is 35.5. The van der Waals surface area contributed by atoms with Gasteiger partial charge in [0.05, 0.1) is 31.0 Å². The van der Waals surface area contributed by atoms with E-state index < -0.39 is 6.04 Å². The van der Waals surface area contributed by atoms with E-state index >= 15 is 0 Å². The van der Waals surface area contributed by atoms with Gasteiger partial charge in [0.2, 0.25) is 5.91 Å². The first-order chi connectivity index (χ1) is 9.03. The van der Waals surface area contributed by atoms with Crippen LogP contribution < -0.4 is 20.5 Å². The number of carbonyl (C=O) groups excluding carboxylic acids is 1. The fourth-order valence-corrected chi connectivity index (χ4v) is 1.86. The molecule has 1 atom stereocenters. The largest absolute Gasteiger partial charge is 0.495 e. The first kappa shape index (κ1) is 15.6. The van der Waals surface area contributed by atoms with E-state index in [1.54, 1.807) is 12.1 Å². The lowest BCUT2D eigenvalue weighted by molar-refractivity contribution is -0.117. The molecular weight excluding hydrogens is 268 g/mol. The van der Waals surface area contributed by atoms with Crippen LogP contribution in [-0.2, 0) is 4.79 Å². The molecule has 0 radical (unpaired) electrons. The summed E-state index contributed by atoms with van der Waals surface area (Å²) in [5.74, 6) is 0.661. The molecular formula is C13H19ClN2O3. The van der Waals surface area contributed by atoms with Crippen LogP contribution in [0.15, 0.2) is 12.1 Å². The molecule has 1 rings (SSSR count). The van der Waals surface area contributed by atoms with Crippen molar-refractivity contribution in [3.63, 3.8) is 0 Å². The summed E-state index contributed by atoms with van der Waals surface area (Å²) in [5, 5.41) is 3.13. The van der Waals surface area contributed by atoms with Crippen molar-refractivity contribution in [2.45, 2.75) is 25.8 Å². The molecule has 0 saturated carbocycles. The maximum atomic E-state index is 11.9. The van der Waals surface area contributed by atoms with Crippen molar-refractivity contribution in [3.8, 4) is 11.5 Å². The van der Waals surface area contributed by atoms with Crippen LogP contribution in [0.5, 0.6) is 11.5 Å². The van der Waals surface area contributed by atoms with Gasteiger partial charge in [-0.1, -0.05) is 24.9 Å². The van der Waals surface area contributed by atoms with Crippen LogP contribution in [0.3, 0.4) is 0 Å². The smallest absolute Gasteiger partial charge is 0.241 e. The van der Waals surface area contributed by atoms with Gasteiger partial charge in [-0.2, -0.15) is 0 Å². The van der Waals surface area contributed by atoms with Crippen molar-refractivity contribution in [2.75, 3.05) is 19.5 Å². The summed E-state index contributed by atoms with van der Waals surface area (Å²) >= 11 is 5.99. The second kappa shape index (κ2) is 7.21. The van der Waals surface area contributed by atoms with Crippen LogP contribution in [0.1, 0.15) is 19.8 Å². The number of hydrogen-bond acceptors (Lipinski definition) is 4. The Morgan fingerprint density at radius 1 is 1.37 bits per heavy atom. The minimum Gasteiger partial charge on any atom is -0.495 e. The Labute approximate surface area is 118 Å². The van der Waals surface area contributed by atoms with Gasteiger partial charge in [0.15, 0.2) is 0 Å². The normalized spacial score (nSPS) is 11.8. The number of rotatable bonds is 6. The predicted molar refractivity (Wildman–Crippen MR) is 76.1 cm³/mol. The highest BCUT2D eigenvalue weighted by Crippen LogP contribution is 2.35. The number of hydrogen-bond donors (Lipinski definition) is 2. The summed E-state index contributed by atoms with van der Waals surface area (Å²) in [6.07, 6.45) is 1.47. The van der Waals surface area contributed by atoms with Crippen molar-refractivity contribution >= 4 is 23.2 Å². The highest BCUT2D eigenvalue weighted by Gasteiger charge is 2.16. The Morgan fingerprint density at radius 2 is 2.00 bits per heavy atom. The zero-order chi connectivity index (χ0) is 14.4. The summed E-state index contributed by atoms with van der Waals surface area (Å²) in [6, 6.07) is 2.65. The minimum atomic E-state index is -0.545. The molecule has 0 heterocycles. The Balaban J connectivity index is 2.96. The number of ether oxygens (including phenoxy) is 2. The molecule has 6 heteroatoms. The molecule has 0 fully saturated rings. The van der Waals surface area contributed by atoms with Crippen LogP contribution in [0, 0.1) is 0 Å². The second-order valence-corrected chi connectivity index (χ2v) is 4.48. The van der Waals surface area contributed by atoms with Crippen LogP contribution in [-0.4, -0.2) is 26.2 Å². The molecule has 5 nitrogen and oxygen atoms in total. The van der Waals surface area contributed by atoms with Gasteiger partial charge in [0.25, 0.3) is 0 Å². The molecule has 1 amide bonds. The SMILES string of the molecule is CCC[C@H](N)C(=O)Nc1cc(OC)c(Cl)cc1OC. The number of amides is 1. The fourth-order valence-electron chi connectivity index (χ4n) is 1.63. The fraction of sp³-hybridized carbons (Fsp3) is 0.462. The van der Waals surface area contributed by atoms with E-state index in [4.69, 9.17) is 26.8 Å². The number of carbonyl (C=O) groups is 1. The topological polar surface area (TPSA) is 73.6 Å². The molecule has 1 aromatic rings. The number of anilines is 1. The van der Waals surface area contributed by atoms with Gasteiger partial charge in [-0.3, -0.25) is 4.79 Å². The summed E-state index contributed by atoms with van der Waals surface area (Å²) < 4.78 is 10.3. The van der Waals surface area contributed by atoms with Gasteiger partial charge >= 0.3 is 0 Å². The molecule has 0 aliphatic carbocycles. The molecule has 0 bridgehead atoms. The van der Waals surface area contributed by atoms with Crippen molar-refractivity contribution in [1.29, 1.82) is 0 Å². The van der Waals surface area contributed by atoms with Crippen LogP contribution in [0.4, 0.5) is 5.69 Å². The molecule has 0 aromatic heterocycles. The Bertz CT molecular complexity index is 452. The van der Waals surface area contributed by atoms with Gasteiger partial charge < -0.3 is 20.5 Å². The van der Waals surface area contributed by atoms with Crippen molar-refractivity contribution in [3.05, 3.63) is 17.2 Å².